The number of allylic oxidation sites excluding steroid dienone is 1. The van der Waals surface area contributed by atoms with E-state index >= 15 is 0 Å². The molecule has 1 N–H and O–H groups in total. The Kier molecular flexibility index (Phi) is 4.61. The molecule has 19 heavy (non-hydrogen) atoms. The average Bonchev–Trinajstić information content (AvgIpc) is 2.22. The number of carbonyl (C=O) groups is 2. The Hall–Kier alpha value is -1.52. The Labute approximate surface area is 114 Å². The summed E-state index contributed by atoms with van der Waals surface area (Å²) >= 11 is 0. The van der Waals surface area contributed by atoms with Crippen molar-refractivity contribution in [3.8, 4) is 0 Å². The molecule has 0 aliphatic heterocycles. The molecule has 1 saturated carbocycles. The molecular formula is C14H23NO4. The Balaban J connectivity index is 2.76. The summed E-state index contributed by atoms with van der Waals surface area (Å²) in [5.74, 6) is -0.556. The van der Waals surface area contributed by atoms with Gasteiger partial charge in [-0.25, -0.2) is 9.59 Å². The maximum atomic E-state index is 11.7. The predicted octanol–water partition coefficient (Wildman–Crippen LogP) is 2.76. The van der Waals surface area contributed by atoms with E-state index in [1.54, 1.807) is 26.8 Å². The summed E-state index contributed by atoms with van der Waals surface area (Å²) in [6.07, 6.45) is 4.26. The van der Waals surface area contributed by atoms with E-state index < -0.39 is 17.7 Å². The van der Waals surface area contributed by atoms with E-state index in [0.717, 1.165) is 19.3 Å². The van der Waals surface area contributed by atoms with Crippen LogP contribution in [0.5, 0.6) is 0 Å². The van der Waals surface area contributed by atoms with Gasteiger partial charge in [0.1, 0.15) is 11.3 Å². The highest BCUT2D eigenvalue weighted by atomic mass is 16.6. The van der Waals surface area contributed by atoms with Crippen LogP contribution in [0.1, 0.15) is 47.0 Å². The molecule has 0 unspecified atom stereocenters. The van der Waals surface area contributed by atoms with Gasteiger partial charge in [-0.15, -0.1) is 0 Å². The van der Waals surface area contributed by atoms with Crippen LogP contribution in [-0.4, -0.2) is 24.8 Å². The van der Waals surface area contributed by atoms with Crippen LogP contribution < -0.4 is 5.32 Å². The van der Waals surface area contributed by atoms with Crippen LogP contribution in [-0.2, 0) is 14.3 Å². The van der Waals surface area contributed by atoms with Gasteiger partial charge in [0.25, 0.3) is 0 Å². The van der Waals surface area contributed by atoms with Gasteiger partial charge >= 0.3 is 12.1 Å². The molecule has 5 nitrogen and oxygen atoms in total. The fraction of sp³-hybridized carbons (Fsp3) is 0.714. The Bertz CT molecular complexity index is 389. The van der Waals surface area contributed by atoms with E-state index in [9.17, 15) is 9.59 Å². The van der Waals surface area contributed by atoms with Crippen molar-refractivity contribution in [3.05, 3.63) is 11.8 Å². The van der Waals surface area contributed by atoms with E-state index in [0.29, 0.717) is 0 Å². The number of nitrogens with one attached hydrogen (secondary N) is 1. The number of hydrogen-bond acceptors (Lipinski definition) is 4. The fourth-order valence-corrected chi connectivity index (χ4v) is 1.90. The molecule has 108 valence electrons. The number of hydrogen-bond donors (Lipinski definition) is 1. The van der Waals surface area contributed by atoms with Crippen molar-refractivity contribution in [2.24, 2.45) is 5.41 Å². The van der Waals surface area contributed by atoms with Crippen molar-refractivity contribution in [2.75, 3.05) is 7.11 Å². The van der Waals surface area contributed by atoms with E-state index in [-0.39, 0.29) is 11.1 Å². The summed E-state index contributed by atoms with van der Waals surface area (Å²) in [5, 5.41) is 2.47. The second-order valence-electron chi connectivity index (χ2n) is 6.18. The summed E-state index contributed by atoms with van der Waals surface area (Å²) in [7, 11) is 1.29. The van der Waals surface area contributed by atoms with Gasteiger partial charge in [-0.2, -0.15) is 0 Å². The molecule has 0 radical (unpaired) electrons. The van der Waals surface area contributed by atoms with Crippen LogP contribution in [0.4, 0.5) is 4.79 Å². The number of alkyl carbamates (subject to hydrolysis) is 1. The number of ether oxygens (including phenoxy) is 2. The number of amides is 1. The third-order valence-electron chi connectivity index (χ3n) is 3.03. The third-order valence-corrected chi connectivity index (χ3v) is 3.03. The monoisotopic (exact) mass is 269 g/mol. The maximum absolute atomic E-state index is 11.7. The first kappa shape index (κ1) is 15.5. The molecular weight excluding hydrogens is 246 g/mol. The number of rotatable bonds is 3. The normalized spacial score (nSPS) is 18.3. The quantitative estimate of drug-likeness (QED) is 0.632. The zero-order chi connectivity index (χ0) is 14.7. The van der Waals surface area contributed by atoms with E-state index in [1.165, 1.54) is 7.11 Å². The summed E-state index contributed by atoms with van der Waals surface area (Å²) in [6, 6.07) is 0. The number of methoxy groups -OCH3 is 1. The summed E-state index contributed by atoms with van der Waals surface area (Å²) in [4.78, 5) is 23.4. The van der Waals surface area contributed by atoms with E-state index in [1.807, 2.05) is 0 Å². The van der Waals surface area contributed by atoms with Gasteiger partial charge in [0.2, 0.25) is 0 Å². The molecule has 1 rings (SSSR count). The number of carbonyl (C=O) groups excluding carboxylic acids is 2. The van der Waals surface area contributed by atoms with E-state index in [4.69, 9.17) is 4.74 Å². The predicted molar refractivity (Wildman–Crippen MR) is 71.4 cm³/mol. The zero-order valence-corrected chi connectivity index (χ0v) is 12.3. The SMILES string of the molecule is COC(=O)C(=CC1(C)CCC1)NC(=O)OC(C)(C)C. The minimum Gasteiger partial charge on any atom is -0.464 e. The molecule has 0 aromatic rings. The summed E-state index contributed by atoms with van der Waals surface area (Å²) in [6.45, 7) is 7.35. The maximum Gasteiger partial charge on any atom is 0.412 e. The van der Waals surface area contributed by atoms with Crippen molar-refractivity contribution >= 4 is 12.1 Å². The van der Waals surface area contributed by atoms with Gasteiger partial charge in [0.15, 0.2) is 0 Å². The highest BCUT2D eigenvalue weighted by Crippen LogP contribution is 2.42. The molecule has 0 bridgehead atoms. The lowest BCUT2D eigenvalue weighted by Gasteiger charge is -2.35. The highest BCUT2D eigenvalue weighted by molar-refractivity contribution is 5.92. The summed E-state index contributed by atoms with van der Waals surface area (Å²) < 4.78 is 9.81. The average molecular weight is 269 g/mol. The Morgan fingerprint density at radius 2 is 1.84 bits per heavy atom. The minimum atomic E-state index is -0.646. The highest BCUT2D eigenvalue weighted by Gasteiger charge is 2.32. The molecule has 0 saturated heterocycles. The Morgan fingerprint density at radius 3 is 2.21 bits per heavy atom. The molecule has 1 aliphatic carbocycles. The lowest BCUT2D eigenvalue weighted by molar-refractivity contribution is -0.136. The van der Waals surface area contributed by atoms with Crippen molar-refractivity contribution in [1.82, 2.24) is 5.32 Å². The molecule has 1 fully saturated rings. The van der Waals surface area contributed by atoms with Crippen LogP contribution in [0.25, 0.3) is 0 Å². The van der Waals surface area contributed by atoms with Gasteiger partial charge in [0.05, 0.1) is 7.11 Å². The molecule has 5 heteroatoms. The topological polar surface area (TPSA) is 64.6 Å². The lowest BCUT2D eigenvalue weighted by Crippen LogP contribution is -2.36. The van der Waals surface area contributed by atoms with Crippen molar-refractivity contribution in [2.45, 2.75) is 52.6 Å². The van der Waals surface area contributed by atoms with Crippen molar-refractivity contribution in [3.63, 3.8) is 0 Å². The van der Waals surface area contributed by atoms with Crippen LogP contribution in [0, 0.1) is 5.41 Å². The first-order chi connectivity index (χ1) is 8.65. The van der Waals surface area contributed by atoms with Crippen LogP contribution in [0.2, 0.25) is 0 Å². The largest absolute Gasteiger partial charge is 0.464 e. The molecule has 0 aromatic heterocycles. The molecule has 1 amide bonds. The minimum absolute atomic E-state index is 0.0431. The van der Waals surface area contributed by atoms with Crippen LogP contribution in [0.15, 0.2) is 11.8 Å². The molecule has 0 aromatic carbocycles. The zero-order valence-electron chi connectivity index (χ0n) is 12.3. The van der Waals surface area contributed by atoms with Crippen LogP contribution >= 0.6 is 0 Å². The summed E-state index contributed by atoms with van der Waals surface area (Å²) in [5.41, 5.74) is -0.497. The van der Waals surface area contributed by atoms with Gasteiger partial charge in [-0.3, -0.25) is 5.32 Å². The van der Waals surface area contributed by atoms with Gasteiger partial charge in [-0.1, -0.05) is 13.3 Å². The first-order valence-corrected chi connectivity index (χ1v) is 6.46. The fourth-order valence-electron chi connectivity index (χ4n) is 1.90. The van der Waals surface area contributed by atoms with Gasteiger partial charge in [-0.05, 0) is 45.1 Å². The van der Waals surface area contributed by atoms with Crippen molar-refractivity contribution < 1.29 is 19.1 Å². The molecule has 1 aliphatic rings. The molecule has 0 spiro atoms. The van der Waals surface area contributed by atoms with Crippen molar-refractivity contribution in [1.29, 1.82) is 0 Å². The standard InChI is InChI=1S/C14H23NO4/c1-13(2,3)19-12(17)15-10(11(16)18-5)9-14(4)7-6-8-14/h9H,6-8H2,1-5H3,(H,15,17). The third kappa shape index (κ3) is 4.93. The number of esters is 1. The second-order valence-corrected chi connectivity index (χ2v) is 6.18. The Morgan fingerprint density at radius 1 is 1.26 bits per heavy atom. The van der Waals surface area contributed by atoms with E-state index in [2.05, 4.69) is 17.0 Å². The molecule has 0 atom stereocenters. The van der Waals surface area contributed by atoms with Gasteiger partial charge < -0.3 is 9.47 Å². The second kappa shape index (κ2) is 5.63. The lowest BCUT2D eigenvalue weighted by atomic mass is 9.70. The first-order valence-electron chi connectivity index (χ1n) is 6.46. The molecule has 0 heterocycles. The van der Waals surface area contributed by atoms with Crippen LogP contribution in [0.3, 0.4) is 0 Å². The van der Waals surface area contributed by atoms with Gasteiger partial charge in [0, 0.05) is 0 Å². The smallest absolute Gasteiger partial charge is 0.412 e.